The number of benzene rings is 2. The van der Waals surface area contributed by atoms with Crippen LogP contribution in [-0.4, -0.2) is 128 Å². The standard InChI is InChI=1S/C32H40F3N4O5.C30H36F3N4O5.2V/c1-18-24(17-40)39-16-26(18)43-28-22(36-21-14-13-20(32(33,34)35)15-23(21)37-28)11-7-5-6-9-19-10-8-12-25(19)44-30(42)38-27(29(39)41)31(2,3)4;1-16-22(15-38)37-14-24(16)41-26-20(34-19-11-10-18(30(31,32)33)13-21(19)35-26)9-7-5-6-8-17-12-23(17)42-28(40)36-25(27(37)39)29(2,3)4;;/h13-15,18-19,24-27H,5-12,16H2,1-4H3,(H,38,42);10-11,13,16-17,22-25H,5-9,12,14H2,1-4H3,(H,36,40);;/q2*-1;;/t18-,19+,24+,25+,26-,27+;16-,17+,22+,23+,24-,25+;;/m00../s1. The molecule has 478 valence electrons. The first-order valence-electron chi connectivity index (χ1n) is 29.9. The van der Waals surface area contributed by atoms with Crippen molar-refractivity contribution in [1.82, 2.24) is 40.4 Å². The van der Waals surface area contributed by atoms with E-state index in [9.17, 15) is 55.1 Å². The molecule has 2 radical (unpaired) electrons. The fourth-order valence-corrected chi connectivity index (χ4v) is 12.4. The number of hydrogen-bond acceptors (Lipinski definition) is 14. The molecule has 2 aromatic carbocycles. The molecule has 4 fully saturated rings. The quantitative estimate of drug-likeness (QED) is 0.141. The van der Waals surface area contributed by atoms with E-state index in [-0.39, 0.29) is 97.0 Å². The number of carbonyl (C=O) groups excluding carboxylic acids is 6. The first-order valence-corrected chi connectivity index (χ1v) is 29.9. The Morgan fingerprint density at radius 1 is 0.500 bits per heavy atom. The van der Waals surface area contributed by atoms with Gasteiger partial charge in [0.2, 0.25) is 23.6 Å². The van der Waals surface area contributed by atoms with Crippen LogP contribution < -0.4 is 20.1 Å². The van der Waals surface area contributed by atoms with Gasteiger partial charge in [-0.1, -0.05) is 93.2 Å². The zero-order valence-electron chi connectivity index (χ0n) is 50.6. The molecule has 12 atom stereocenters. The Labute approximate surface area is 532 Å². The van der Waals surface area contributed by atoms with Crippen LogP contribution in [0.15, 0.2) is 36.4 Å². The summed E-state index contributed by atoms with van der Waals surface area (Å²) >= 11 is 0. The molecule has 4 aromatic rings. The first kappa shape index (κ1) is 69.8. The maximum Gasteiger partial charge on any atom is 0.416 e. The Kier molecular flexibility index (Phi) is 22.4. The van der Waals surface area contributed by atoms with Gasteiger partial charge in [0.15, 0.2) is 0 Å². The van der Waals surface area contributed by atoms with Crippen LogP contribution in [0.4, 0.5) is 35.9 Å². The third-order valence-electron chi connectivity index (χ3n) is 17.7. The van der Waals surface area contributed by atoms with Gasteiger partial charge < -0.3 is 49.0 Å². The Hall–Kier alpha value is -5.71. The molecular formula is C62H76F6N8O10V2-2. The molecule has 6 aliphatic rings. The van der Waals surface area contributed by atoms with Crippen molar-refractivity contribution in [3.8, 4) is 11.8 Å². The number of alkyl carbamates (subject to hydrolysis) is 2. The van der Waals surface area contributed by atoms with E-state index in [1.54, 1.807) is 34.6 Å². The summed E-state index contributed by atoms with van der Waals surface area (Å²) in [4.78, 5) is 98.9. The molecule has 0 unspecified atom stereocenters. The largest absolute Gasteiger partial charge is 0.540 e. The fraction of sp³-hybridized carbons (Fsp3) is 0.645. The average molecular weight is 1310 g/mol. The van der Waals surface area contributed by atoms with E-state index in [1.165, 1.54) is 21.9 Å². The third kappa shape index (κ3) is 16.2. The molecule has 2 aromatic heterocycles. The summed E-state index contributed by atoms with van der Waals surface area (Å²) in [5, 5.41) is 5.51. The molecule has 6 heterocycles. The number of hydrogen-bond donors (Lipinski definition) is 2. The van der Waals surface area contributed by atoms with Crippen molar-refractivity contribution in [3.63, 3.8) is 0 Å². The van der Waals surface area contributed by atoms with Gasteiger partial charge in [0.25, 0.3) is 0 Å². The van der Waals surface area contributed by atoms with E-state index in [4.69, 9.17) is 18.9 Å². The van der Waals surface area contributed by atoms with Crippen molar-refractivity contribution in [3.05, 3.63) is 58.9 Å². The maximum atomic E-state index is 14.0. The van der Waals surface area contributed by atoms with Gasteiger partial charge in [0, 0.05) is 37.1 Å². The number of rotatable bonds is 2. The molecule has 2 aliphatic carbocycles. The monoisotopic (exact) mass is 1310 g/mol. The van der Waals surface area contributed by atoms with Gasteiger partial charge in [0.1, 0.15) is 47.9 Å². The SMILES string of the molecule is C[C@@H]1[C@@H]2CN(C(=O)[C@H](C(C)(C)C)NC(=O)O[C@@H]3CCC[C@H]3CCCCCc3nc4ccc(C(F)(F)F)cc4nc3O2)[C@@H]1[C-]=O.C[C@@H]1[C@@H]2CN(C(=O)[C@H](C(C)(C)C)NC(=O)O[C@@H]3C[C@H]3CCCCCc3nc4ccc(C(F)(F)F)cc4nc3O2)[C@@H]1[C-]=O.[V].[V]. The van der Waals surface area contributed by atoms with Crippen molar-refractivity contribution in [2.45, 2.75) is 206 Å². The molecule has 4 bridgehead atoms. The Bertz CT molecular complexity index is 3180. The number of nitrogens with zero attached hydrogens (tertiary/aromatic N) is 6. The zero-order valence-corrected chi connectivity index (χ0v) is 53.4. The van der Waals surface area contributed by atoms with Crippen LogP contribution in [0.1, 0.15) is 155 Å². The Morgan fingerprint density at radius 2 is 0.909 bits per heavy atom. The van der Waals surface area contributed by atoms with Crippen LogP contribution in [-0.2, 0) is 91.0 Å². The van der Waals surface area contributed by atoms with Gasteiger partial charge in [-0.15, -0.1) is 0 Å². The summed E-state index contributed by atoms with van der Waals surface area (Å²) < 4.78 is 105. The molecule has 2 saturated heterocycles. The number of aryl methyl sites for hydroxylation is 2. The first-order chi connectivity index (χ1) is 40.5. The second-order valence-electron chi connectivity index (χ2n) is 26.2. The summed E-state index contributed by atoms with van der Waals surface area (Å²) in [6, 6.07) is 2.57. The molecule has 2 N–H and O–H groups in total. The second-order valence-corrected chi connectivity index (χ2v) is 26.2. The maximum absolute atomic E-state index is 14.0. The van der Waals surface area contributed by atoms with Crippen molar-refractivity contribution in [2.75, 3.05) is 13.1 Å². The molecule has 4 aliphatic heterocycles. The van der Waals surface area contributed by atoms with Crippen molar-refractivity contribution >= 4 is 58.6 Å². The molecule has 26 heteroatoms. The van der Waals surface area contributed by atoms with E-state index in [0.717, 1.165) is 101 Å². The molecule has 4 amide bonds. The average Bonchev–Trinajstić information content (AvgIpc) is 1.53. The van der Waals surface area contributed by atoms with Crippen molar-refractivity contribution < 1.29 is 111 Å². The summed E-state index contributed by atoms with van der Waals surface area (Å²) in [6.45, 7) is 14.4. The van der Waals surface area contributed by atoms with Gasteiger partial charge in [-0.2, -0.15) is 26.3 Å². The number of ether oxygens (including phenoxy) is 4. The minimum Gasteiger partial charge on any atom is -0.540 e. The minimum absolute atomic E-state index is 0. The number of halogens is 6. The molecular weight excluding hydrogens is 1230 g/mol. The smallest absolute Gasteiger partial charge is 0.416 e. The van der Waals surface area contributed by atoms with E-state index >= 15 is 0 Å². The van der Waals surface area contributed by atoms with E-state index in [1.807, 2.05) is 33.3 Å². The van der Waals surface area contributed by atoms with Crippen LogP contribution in [0.25, 0.3) is 22.1 Å². The van der Waals surface area contributed by atoms with Crippen LogP contribution in [0.3, 0.4) is 0 Å². The topological polar surface area (TPSA) is 221 Å². The predicted molar refractivity (Wildman–Crippen MR) is 302 cm³/mol. The molecule has 10 rings (SSSR count). The van der Waals surface area contributed by atoms with Crippen LogP contribution in [0, 0.1) is 34.5 Å². The van der Waals surface area contributed by atoms with Gasteiger partial charge in [0.05, 0.1) is 46.3 Å². The second kappa shape index (κ2) is 28.2. The number of carbonyl (C=O) groups is 4. The van der Waals surface area contributed by atoms with Crippen LogP contribution >= 0.6 is 0 Å². The van der Waals surface area contributed by atoms with E-state index in [0.29, 0.717) is 35.3 Å². The molecule has 88 heavy (non-hydrogen) atoms. The molecule has 0 spiro atoms. The molecule has 18 nitrogen and oxygen atoms in total. The molecule has 2 saturated carbocycles. The third-order valence-corrected chi connectivity index (χ3v) is 17.7. The van der Waals surface area contributed by atoms with Gasteiger partial charge in [-0.25, -0.2) is 42.1 Å². The summed E-state index contributed by atoms with van der Waals surface area (Å²) in [7, 11) is 0. The fourth-order valence-electron chi connectivity index (χ4n) is 12.4. The van der Waals surface area contributed by atoms with Crippen molar-refractivity contribution in [1.29, 1.82) is 0 Å². The van der Waals surface area contributed by atoms with E-state index < -0.39 is 107 Å². The Morgan fingerprint density at radius 3 is 1.32 bits per heavy atom. The Balaban J connectivity index is 0.000000246. The number of amides is 4. The van der Waals surface area contributed by atoms with Gasteiger partial charge in [-0.3, -0.25) is 9.59 Å². The predicted octanol–water partition coefficient (Wildman–Crippen LogP) is 10.8. The van der Waals surface area contributed by atoms with Crippen LogP contribution in [0.2, 0.25) is 0 Å². The number of nitrogens with one attached hydrogen (secondary N) is 2. The van der Waals surface area contributed by atoms with Gasteiger partial charge >= 0.3 is 24.5 Å². The van der Waals surface area contributed by atoms with Crippen LogP contribution in [0.5, 0.6) is 11.8 Å². The van der Waals surface area contributed by atoms with Crippen molar-refractivity contribution in [2.24, 2.45) is 34.5 Å². The number of fused-ring (bicyclic) bond motifs is 10. The summed E-state index contributed by atoms with van der Waals surface area (Å²) in [6.07, 6.45) is 2.91. The summed E-state index contributed by atoms with van der Waals surface area (Å²) in [5.41, 5.74) is -1.34. The number of aromatic nitrogens is 4. The zero-order chi connectivity index (χ0) is 62.2. The number of alkyl halides is 6. The van der Waals surface area contributed by atoms with E-state index in [2.05, 4.69) is 30.6 Å². The van der Waals surface area contributed by atoms with Gasteiger partial charge in [-0.05, 0) is 135 Å². The normalized spacial score (nSPS) is 28.6. The minimum atomic E-state index is -4.55. The summed E-state index contributed by atoms with van der Waals surface area (Å²) in [5.74, 6) is -1.30.